The highest BCUT2D eigenvalue weighted by Crippen LogP contribution is 2.42. The Morgan fingerprint density at radius 1 is 1.21 bits per heavy atom. The molecule has 1 N–H and O–H groups in total. The lowest BCUT2D eigenvalue weighted by molar-refractivity contribution is -0.142. The Morgan fingerprint density at radius 3 is 2.62 bits per heavy atom. The number of carbonyl (C=O) groups is 1. The number of anilines is 1. The summed E-state index contributed by atoms with van der Waals surface area (Å²) in [5.74, 6) is 1.96. The Balaban J connectivity index is 1.41. The van der Waals surface area contributed by atoms with Crippen molar-refractivity contribution in [1.29, 1.82) is 0 Å². The Bertz CT molecular complexity index is 644. The largest absolute Gasteiger partial charge is 0.494 e. The number of piperidine rings is 1. The molecule has 1 aromatic rings. The number of nitrogens with one attached hydrogen (secondary N) is 1. The molecule has 1 heterocycles. The second kappa shape index (κ2) is 10.4. The summed E-state index contributed by atoms with van der Waals surface area (Å²) in [6.45, 7) is 11.2. The van der Waals surface area contributed by atoms with E-state index in [2.05, 4.69) is 24.1 Å². The smallest absolute Gasteiger partial charge is 0.256 e. The van der Waals surface area contributed by atoms with Crippen molar-refractivity contribution in [2.24, 2.45) is 11.8 Å². The van der Waals surface area contributed by atoms with Gasteiger partial charge in [-0.3, -0.25) is 4.79 Å². The van der Waals surface area contributed by atoms with E-state index in [1.807, 2.05) is 31.2 Å². The Morgan fingerprint density at radius 2 is 1.97 bits per heavy atom. The van der Waals surface area contributed by atoms with E-state index in [-0.39, 0.29) is 5.91 Å². The van der Waals surface area contributed by atoms with Gasteiger partial charge in [0.25, 0.3) is 5.91 Å². The number of carbonyl (C=O) groups excluding carboxylic acids is 1. The van der Waals surface area contributed by atoms with Crippen LogP contribution in [-0.2, 0) is 9.53 Å². The lowest BCUT2D eigenvalue weighted by Crippen LogP contribution is -2.45. The number of rotatable bonds is 11. The van der Waals surface area contributed by atoms with Gasteiger partial charge < -0.3 is 19.7 Å². The Kier molecular flexibility index (Phi) is 7.96. The molecule has 2 aliphatic rings. The van der Waals surface area contributed by atoms with Gasteiger partial charge in [-0.05, 0) is 88.1 Å². The van der Waals surface area contributed by atoms with E-state index < -0.39 is 5.60 Å². The number of likely N-dealkylation sites (tertiary alicyclic amines) is 1. The maximum absolute atomic E-state index is 12.8. The summed E-state index contributed by atoms with van der Waals surface area (Å²) in [7, 11) is 0. The first-order valence-corrected chi connectivity index (χ1v) is 11.4. The number of hydrogen-bond acceptors (Lipinski definition) is 4. The van der Waals surface area contributed by atoms with E-state index in [9.17, 15) is 4.79 Å². The van der Waals surface area contributed by atoms with Crippen LogP contribution in [0.5, 0.6) is 5.75 Å². The minimum Gasteiger partial charge on any atom is -0.494 e. The van der Waals surface area contributed by atoms with Gasteiger partial charge in [0, 0.05) is 25.4 Å². The summed E-state index contributed by atoms with van der Waals surface area (Å²) in [6.07, 6.45) is 6.77. The Labute approximate surface area is 176 Å². The van der Waals surface area contributed by atoms with Crippen LogP contribution in [0.4, 0.5) is 5.69 Å². The predicted molar refractivity (Wildman–Crippen MR) is 117 cm³/mol. The highest BCUT2D eigenvalue weighted by atomic mass is 16.5. The van der Waals surface area contributed by atoms with Gasteiger partial charge in [-0.1, -0.05) is 13.8 Å². The van der Waals surface area contributed by atoms with Gasteiger partial charge in [0.2, 0.25) is 0 Å². The fourth-order valence-corrected chi connectivity index (χ4v) is 4.17. The molecule has 162 valence electrons. The van der Waals surface area contributed by atoms with Gasteiger partial charge >= 0.3 is 0 Å². The molecule has 1 aliphatic heterocycles. The first-order chi connectivity index (χ1) is 14.0. The first-order valence-electron chi connectivity index (χ1n) is 11.4. The van der Waals surface area contributed by atoms with Crippen LogP contribution < -0.4 is 10.1 Å². The summed E-state index contributed by atoms with van der Waals surface area (Å²) >= 11 is 0. The molecule has 1 saturated heterocycles. The minimum atomic E-state index is -0.725. The number of nitrogens with zero attached hydrogens (tertiary/aromatic N) is 1. The summed E-state index contributed by atoms with van der Waals surface area (Å²) in [4.78, 5) is 15.4. The molecule has 3 rings (SSSR count). The average Bonchev–Trinajstić information content (AvgIpc) is 3.56. The van der Waals surface area contributed by atoms with Crippen molar-refractivity contribution in [2.75, 3.05) is 38.2 Å². The first kappa shape index (κ1) is 22.1. The summed E-state index contributed by atoms with van der Waals surface area (Å²) < 4.78 is 11.8. The van der Waals surface area contributed by atoms with Gasteiger partial charge in [0.15, 0.2) is 0 Å². The molecule has 0 bridgehead atoms. The van der Waals surface area contributed by atoms with Gasteiger partial charge in [-0.15, -0.1) is 0 Å². The molecule has 0 spiro atoms. The van der Waals surface area contributed by atoms with Crippen LogP contribution in [0.3, 0.4) is 0 Å². The summed E-state index contributed by atoms with van der Waals surface area (Å²) in [6, 6.07) is 7.68. The fourth-order valence-electron chi connectivity index (χ4n) is 4.17. The zero-order valence-corrected chi connectivity index (χ0v) is 18.4. The molecule has 1 saturated carbocycles. The average molecular weight is 403 g/mol. The molecule has 0 aromatic heterocycles. The third-order valence-corrected chi connectivity index (χ3v) is 6.15. The van der Waals surface area contributed by atoms with E-state index >= 15 is 0 Å². The van der Waals surface area contributed by atoms with Crippen LogP contribution in [0.2, 0.25) is 0 Å². The lowest BCUT2D eigenvalue weighted by atomic mass is 9.98. The molecule has 1 aromatic carbocycles. The monoisotopic (exact) mass is 402 g/mol. The molecular weight excluding hydrogens is 364 g/mol. The van der Waals surface area contributed by atoms with E-state index in [0.717, 1.165) is 56.2 Å². The van der Waals surface area contributed by atoms with Crippen molar-refractivity contribution < 1.29 is 14.3 Å². The molecule has 5 nitrogen and oxygen atoms in total. The number of amides is 1. The molecule has 0 unspecified atom stereocenters. The highest BCUT2D eigenvalue weighted by Gasteiger charge is 2.48. The minimum absolute atomic E-state index is 0.0436. The number of ether oxygens (including phenoxy) is 2. The molecule has 1 aliphatic carbocycles. The van der Waals surface area contributed by atoms with Gasteiger partial charge in [0.05, 0.1) is 6.61 Å². The van der Waals surface area contributed by atoms with E-state index in [1.54, 1.807) is 0 Å². The van der Waals surface area contributed by atoms with Crippen LogP contribution in [0.25, 0.3) is 0 Å². The third kappa shape index (κ3) is 6.45. The third-order valence-electron chi connectivity index (χ3n) is 6.15. The summed E-state index contributed by atoms with van der Waals surface area (Å²) in [5.41, 5.74) is 0.0635. The molecule has 5 heteroatoms. The van der Waals surface area contributed by atoms with Crippen LogP contribution in [0.15, 0.2) is 24.3 Å². The maximum Gasteiger partial charge on any atom is 0.256 e. The molecule has 2 fully saturated rings. The normalized spacial score (nSPS) is 22.1. The standard InChI is InChI=1S/C24H38N2O3/c1-4-16-29-24(3,20-8-9-20)23(27)25-21-10-12-22(13-11-21)28-17-6-15-26-14-5-7-19(2)18-26/h10-13,19-20H,4-9,14-18H2,1-3H3,(H,25,27)/t19-,24-/m1/s1. The number of hydrogen-bond donors (Lipinski definition) is 1. The predicted octanol–water partition coefficient (Wildman–Crippen LogP) is 4.72. The van der Waals surface area contributed by atoms with Crippen molar-refractivity contribution in [2.45, 2.75) is 64.9 Å². The lowest BCUT2D eigenvalue weighted by Gasteiger charge is -2.30. The fraction of sp³-hybridized carbons (Fsp3) is 0.708. The van der Waals surface area contributed by atoms with E-state index in [0.29, 0.717) is 12.5 Å². The second-order valence-corrected chi connectivity index (χ2v) is 8.96. The van der Waals surface area contributed by atoms with E-state index in [4.69, 9.17) is 9.47 Å². The highest BCUT2D eigenvalue weighted by molar-refractivity contribution is 5.97. The van der Waals surface area contributed by atoms with Crippen LogP contribution >= 0.6 is 0 Å². The molecule has 29 heavy (non-hydrogen) atoms. The van der Waals surface area contributed by atoms with Crippen LogP contribution in [0.1, 0.15) is 59.3 Å². The van der Waals surface area contributed by atoms with Gasteiger partial charge in [-0.25, -0.2) is 0 Å². The molecular formula is C24H38N2O3. The zero-order chi connectivity index (χ0) is 20.7. The van der Waals surface area contributed by atoms with Crippen molar-refractivity contribution in [3.63, 3.8) is 0 Å². The van der Waals surface area contributed by atoms with E-state index in [1.165, 1.54) is 25.9 Å². The Hall–Kier alpha value is -1.59. The van der Waals surface area contributed by atoms with Crippen LogP contribution in [-0.4, -0.2) is 49.3 Å². The quantitative estimate of drug-likeness (QED) is 0.544. The zero-order valence-electron chi connectivity index (χ0n) is 18.4. The van der Waals surface area contributed by atoms with Crippen molar-refractivity contribution in [3.05, 3.63) is 24.3 Å². The number of benzene rings is 1. The summed E-state index contributed by atoms with van der Waals surface area (Å²) in [5, 5.41) is 3.03. The topological polar surface area (TPSA) is 50.8 Å². The maximum atomic E-state index is 12.8. The van der Waals surface area contributed by atoms with Crippen LogP contribution in [0, 0.1) is 11.8 Å². The van der Waals surface area contributed by atoms with Gasteiger partial charge in [-0.2, -0.15) is 0 Å². The van der Waals surface area contributed by atoms with Crippen molar-refractivity contribution in [3.8, 4) is 5.75 Å². The second-order valence-electron chi connectivity index (χ2n) is 8.96. The van der Waals surface area contributed by atoms with Crippen molar-refractivity contribution >= 4 is 11.6 Å². The SMILES string of the molecule is CCCO[C@@](C)(C(=O)Nc1ccc(OCCCN2CCC[C@@H](C)C2)cc1)C1CC1. The molecule has 2 atom stereocenters. The molecule has 1 amide bonds. The molecule has 0 radical (unpaired) electrons. The van der Waals surface area contributed by atoms with Crippen molar-refractivity contribution in [1.82, 2.24) is 4.90 Å². The van der Waals surface area contributed by atoms with Gasteiger partial charge in [0.1, 0.15) is 11.4 Å².